The molecule has 2 atom stereocenters. The third-order valence-electron chi connectivity index (χ3n) is 5.69. The highest BCUT2D eigenvalue weighted by Gasteiger charge is 2.46. The molecule has 2 fully saturated rings. The van der Waals surface area contributed by atoms with E-state index in [0.29, 0.717) is 18.5 Å². The van der Waals surface area contributed by atoms with Gasteiger partial charge in [0, 0.05) is 12.7 Å². The van der Waals surface area contributed by atoms with Gasteiger partial charge in [-0.2, -0.15) is 13.2 Å². The van der Waals surface area contributed by atoms with E-state index in [-0.39, 0.29) is 29.8 Å². The molecule has 2 unspecified atom stereocenters. The van der Waals surface area contributed by atoms with Crippen LogP contribution in [0.5, 0.6) is 0 Å². The van der Waals surface area contributed by atoms with Crippen LogP contribution in [0.25, 0.3) is 0 Å². The van der Waals surface area contributed by atoms with Crippen molar-refractivity contribution in [1.82, 2.24) is 14.8 Å². The van der Waals surface area contributed by atoms with Crippen molar-refractivity contribution in [2.45, 2.75) is 37.5 Å². The second-order valence-electron chi connectivity index (χ2n) is 7.54. The van der Waals surface area contributed by atoms with Crippen molar-refractivity contribution in [3.8, 4) is 0 Å². The number of pyridine rings is 1. The SMILES string of the molecule is N=C(c1ccccn1)N1CC2CCCC(C1=N)N2C(=O)c1cccc(C(F)(F)F)c1Cl. The van der Waals surface area contributed by atoms with Gasteiger partial charge in [-0.3, -0.25) is 20.6 Å². The number of alkyl halides is 3. The van der Waals surface area contributed by atoms with Gasteiger partial charge in [0.15, 0.2) is 5.84 Å². The Balaban J connectivity index is 1.65. The van der Waals surface area contributed by atoms with Crippen LogP contribution < -0.4 is 0 Å². The molecule has 2 bridgehead atoms. The largest absolute Gasteiger partial charge is 0.417 e. The minimum atomic E-state index is -4.67. The molecule has 162 valence electrons. The predicted molar refractivity (Wildman–Crippen MR) is 110 cm³/mol. The second kappa shape index (κ2) is 7.96. The number of piperazine rings is 1. The van der Waals surface area contributed by atoms with E-state index in [2.05, 4.69) is 4.98 Å². The lowest BCUT2D eigenvalue weighted by Crippen LogP contribution is -2.66. The Hall–Kier alpha value is -2.94. The summed E-state index contributed by atoms with van der Waals surface area (Å²) in [5, 5.41) is 16.5. The van der Waals surface area contributed by atoms with E-state index in [1.807, 2.05) is 0 Å². The van der Waals surface area contributed by atoms with Crippen molar-refractivity contribution in [1.29, 1.82) is 10.8 Å². The Morgan fingerprint density at radius 3 is 2.61 bits per heavy atom. The molecular formula is C21H19ClF3N5O. The number of aromatic nitrogens is 1. The van der Waals surface area contributed by atoms with Crippen LogP contribution >= 0.6 is 11.6 Å². The van der Waals surface area contributed by atoms with Gasteiger partial charge in [-0.15, -0.1) is 0 Å². The molecule has 2 N–H and O–H groups in total. The first-order chi connectivity index (χ1) is 14.7. The van der Waals surface area contributed by atoms with E-state index in [1.165, 1.54) is 15.9 Å². The number of carbonyl (C=O) groups excluding carboxylic acids is 1. The van der Waals surface area contributed by atoms with E-state index in [9.17, 15) is 18.0 Å². The lowest BCUT2D eigenvalue weighted by molar-refractivity contribution is -0.137. The van der Waals surface area contributed by atoms with Crippen molar-refractivity contribution in [3.05, 3.63) is 64.4 Å². The zero-order chi connectivity index (χ0) is 22.3. The fourth-order valence-electron chi connectivity index (χ4n) is 4.23. The minimum Gasteiger partial charge on any atom is -0.324 e. The molecule has 31 heavy (non-hydrogen) atoms. The number of amides is 1. The highest BCUT2D eigenvalue weighted by atomic mass is 35.5. The van der Waals surface area contributed by atoms with Gasteiger partial charge >= 0.3 is 6.18 Å². The molecule has 0 spiro atoms. The highest BCUT2D eigenvalue weighted by Crippen LogP contribution is 2.38. The first kappa shape index (κ1) is 21.3. The summed E-state index contributed by atoms with van der Waals surface area (Å²) in [5.74, 6) is -0.505. The van der Waals surface area contributed by atoms with Gasteiger partial charge in [0.1, 0.15) is 11.5 Å². The van der Waals surface area contributed by atoms with Crippen molar-refractivity contribution in [3.63, 3.8) is 0 Å². The molecule has 2 aliphatic heterocycles. The number of amidine groups is 2. The minimum absolute atomic E-state index is 0.0584. The summed E-state index contributed by atoms with van der Waals surface area (Å²) >= 11 is 5.99. The molecule has 1 aromatic heterocycles. The molecule has 1 amide bonds. The van der Waals surface area contributed by atoms with Gasteiger partial charge in [0.25, 0.3) is 5.91 Å². The third-order valence-corrected chi connectivity index (χ3v) is 6.10. The normalized spacial score (nSPS) is 21.2. The van der Waals surface area contributed by atoms with Crippen molar-refractivity contribution in [2.24, 2.45) is 0 Å². The Morgan fingerprint density at radius 2 is 1.94 bits per heavy atom. The maximum absolute atomic E-state index is 13.3. The zero-order valence-corrected chi connectivity index (χ0v) is 17.0. The van der Waals surface area contributed by atoms with Crippen molar-refractivity contribution < 1.29 is 18.0 Å². The average molecular weight is 450 g/mol. The molecule has 2 saturated heterocycles. The number of hydrogen-bond acceptors (Lipinski definition) is 4. The molecule has 10 heteroatoms. The second-order valence-corrected chi connectivity index (χ2v) is 7.92. The molecule has 6 nitrogen and oxygen atoms in total. The maximum Gasteiger partial charge on any atom is 0.417 e. The average Bonchev–Trinajstić information content (AvgIpc) is 2.75. The first-order valence-electron chi connectivity index (χ1n) is 9.74. The molecule has 2 aromatic rings. The van der Waals surface area contributed by atoms with Gasteiger partial charge in [-0.05, 0) is 43.5 Å². The van der Waals surface area contributed by atoms with Crippen LogP contribution in [0.1, 0.15) is 40.9 Å². The van der Waals surface area contributed by atoms with Gasteiger partial charge in [0.05, 0.1) is 28.2 Å². The Bertz CT molecular complexity index is 1040. The summed E-state index contributed by atoms with van der Waals surface area (Å²) in [6.07, 6.45) is -1.22. The van der Waals surface area contributed by atoms with Gasteiger partial charge in [0.2, 0.25) is 0 Å². The number of fused-ring (bicyclic) bond motifs is 2. The number of nitrogens with zero attached hydrogens (tertiary/aromatic N) is 3. The molecule has 3 heterocycles. The van der Waals surface area contributed by atoms with E-state index in [4.69, 9.17) is 22.4 Å². The number of likely N-dealkylation sites (tertiary alicyclic amines) is 1. The Kier molecular flexibility index (Phi) is 5.47. The lowest BCUT2D eigenvalue weighted by atomic mass is 9.89. The first-order valence-corrected chi connectivity index (χ1v) is 10.1. The Morgan fingerprint density at radius 1 is 1.16 bits per heavy atom. The summed E-state index contributed by atoms with van der Waals surface area (Å²) in [4.78, 5) is 20.4. The molecule has 0 aliphatic carbocycles. The predicted octanol–water partition coefficient (Wildman–Crippen LogP) is 4.44. The number of rotatable bonds is 2. The van der Waals surface area contributed by atoms with Gasteiger partial charge < -0.3 is 9.80 Å². The molecule has 0 saturated carbocycles. The summed E-state index contributed by atoms with van der Waals surface area (Å²) in [5.41, 5.74) is -0.878. The summed E-state index contributed by atoms with van der Waals surface area (Å²) in [6.45, 7) is 0.201. The van der Waals surface area contributed by atoms with Crippen LogP contribution in [0.4, 0.5) is 13.2 Å². The summed E-state index contributed by atoms with van der Waals surface area (Å²) in [6, 6.07) is 7.43. The fourth-order valence-corrected chi connectivity index (χ4v) is 4.55. The standard InChI is InChI=1S/C21H19ClF3N5O/c22-17-13(6-4-7-14(17)21(23,24)25)20(31)30-12-5-3-9-16(30)19(27)29(11-12)18(26)15-8-1-2-10-28-15/h1-2,4,6-8,10,12,16,26-27H,3,5,9,11H2. The zero-order valence-electron chi connectivity index (χ0n) is 16.3. The topological polar surface area (TPSA) is 84.1 Å². The van der Waals surface area contributed by atoms with Gasteiger partial charge in [-0.25, -0.2) is 0 Å². The lowest BCUT2D eigenvalue weighted by Gasteiger charge is -2.50. The van der Waals surface area contributed by atoms with Crippen molar-refractivity contribution in [2.75, 3.05) is 6.54 Å². The molecular weight excluding hydrogens is 431 g/mol. The smallest absolute Gasteiger partial charge is 0.324 e. The number of nitrogens with one attached hydrogen (secondary N) is 2. The fraction of sp³-hybridized carbons (Fsp3) is 0.333. The number of piperidine rings is 1. The molecule has 4 rings (SSSR count). The Labute approximate surface area is 181 Å². The molecule has 1 aromatic carbocycles. The highest BCUT2D eigenvalue weighted by molar-refractivity contribution is 6.34. The van der Waals surface area contributed by atoms with Crippen LogP contribution in [0.3, 0.4) is 0 Å². The quantitative estimate of drug-likeness (QED) is 0.525. The maximum atomic E-state index is 13.3. The van der Waals surface area contributed by atoms with Crippen LogP contribution in [0.15, 0.2) is 42.6 Å². The van der Waals surface area contributed by atoms with Gasteiger partial charge in [-0.1, -0.05) is 23.7 Å². The number of halogens is 4. The summed E-state index contributed by atoms with van der Waals surface area (Å²) < 4.78 is 39.7. The molecule has 2 aliphatic rings. The van der Waals surface area contributed by atoms with E-state index >= 15 is 0 Å². The van der Waals surface area contributed by atoms with E-state index in [0.717, 1.165) is 18.6 Å². The van der Waals surface area contributed by atoms with Crippen molar-refractivity contribution >= 4 is 29.2 Å². The summed E-state index contributed by atoms with van der Waals surface area (Å²) in [7, 11) is 0. The molecule has 0 radical (unpaired) electrons. The van der Waals surface area contributed by atoms with E-state index in [1.54, 1.807) is 24.4 Å². The monoisotopic (exact) mass is 449 g/mol. The number of hydrogen-bond donors (Lipinski definition) is 2. The van der Waals surface area contributed by atoms with Crippen LogP contribution in [0, 0.1) is 10.8 Å². The van der Waals surface area contributed by atoms with Crippen LogP contribution in [-0.2, 0) is 6.18 Å². The van der Waals surface area contributed by atoms with Crippen LogP contribution in [0.2, 0.25) is 5.02 Å². The van der Waals surface area contributed by atoms with Crippen LogP contribution in [-0.4, -0.2) is 51.0 Å². The third kappa shape index (κ3) is 3.78. The number of benzene rings is 1. The van der Waals surface area contributed by atoms with E-state index < -0.39 is 28.7 Å². The number of carbonyl (C=O) groups is 1.